The molecule has 258 valence electrons. The van der Waals surface area contributed by atoms with Crippen LogP contribution in [0.4, 0.5) is 4.79 Å². The topological polar surface area (TPSA) is 75.6 Å². The summed E-state index contributed by atoms with van der Waals surface area (Å²) in [6, 6.07) is 0. The quantitative estimate of drug-likeness (QED) is 0.117. The highest BCUT2D eigenvalue weighted by Crippen LogP contribution is 2.67. The maximum absolute atomic E-state index is 12.6. The van der Waals surface area contributed by atoms with E-state index in [1.165, 1.54) is 77.0 Å². The van der Waals surface area contributed by atoms with Crippen LogP contribution < -0.4 is 5.32 Å². The van der Waals surface area contributed by atoms with Gasteiger partial charge in [0.25, 0.3) is 0 Å². The maximum Gasteiger partial charge on any atom is 0.407 e. The first-order valence-corrected chi connectivity index (χ1v) is 19.4. The van der Waals surface area contributed by atoms with E-state index in [0.29, 0.717) is 23.8 Å². The second kappa shape index (κ2) is 17.0. The van der Waals surface area contributed by atoms with Crippen molar-refractivity contribution in [2.75, 3.05) is 6.54 Å². The number of carboxylic acids is 1. The zero-order valence-corrected chi connectivity index (χ0v) is 29.8. The summed E-state index contributed by atoms with van der Waals surface area (Å²) < 4.78 is 5.97. The van der Waals surface area contributed by atoms with Crippen LogP contribution >= 0.6 is 0 Å². The summed E-state index contributed by atoms with van der Waals surface area (Å²) in [5, 5.41) is 11.7. The van der Waals surface area contributed by atoms with Gasteiger partial charge in [-0.2, -0.15) is 0 Å². The lowest BCUT2D eigenvalue weighted by atomic mass is 9.47. The van der Waals surface area contributed by atoms with E-state index in [0.717, 1.165) is 86.9 Å². The molecule has 4 rings (SSSR count). The van der Waals surface area contributed by atoms with E-state index >= 15 is 0 Å². The smallest absolute Gasteiger partial charge is 0.407 e. The highest BCUT2D eigenvalue weighted by Gasteiger charge is 2.59. The molecule has 0 bridgehead atoms. The lowest BCUT2D eigenvalue weighted by molar-refractivity contribution is -0.137. The summed E-state index contributed by atoms with van der Waals surface area (Å²) in [7, 11) is 0. The number of hydrogen-bond donors (Lipinski definition) is 2. The molecule has 0 unspecified atom stereocenters. The van der Waals surface area contributed by atoms with Gasteiger partial charge in [-0.05, 0) is 104 Å². The number of hydrogen-bond acceptors (Lipinski definition) is 3. The van der Waals surface area contributed by atoms with E-state index in [1.807, 2.05) is 0 Å². The van der Waals surface area contributed by atoms with Gasteiger partial charge in [-0.15, -0.1) is 0 Å². The normalized spacial score (nSPS) is 33.1. The number of carbonyl (C=O) groups is 2. The molecule has 0 radical (unpaired) electrons. The molecule has 8 atom stereocenters. The number of fused-ring (bicyclic) bond motifs is 5. The molecule has 45 heavy (non-hydrogen) atoms. The predicted octanol–water partition coefficient (Wildman–Crippen LogP) is 11.1. The fourth-order valence-corrected chi connectivity index (χ4v) is 10.8. The van der Waals surface area contributed by atoms with E-state index < -0.39 is 5.97 Å². The first kappa shape index (κ1) is 36.3. The summed E-state index contributed by atoms with van der Waals surface area (Å²) in [5.74, 6) is 4.44. The number of allylic oxidation sites excluding steroid dienone is 1. The van der Waals surface area contributed by atoms with Gasteiger partial charge in [-0.1, -0.05) is 110 Å². The van der Waals surface area contributed by atoms with Crippen LogP contribution in [0.3, 0.4) is 0 Å². The first-order valence-electron chi connectivity index (χ1n) is 19.4. The predicted molar refractivity (Wildman–Crippen MR) is 185 cm³/mol. The summed E-state index contributed by atoms with van der Waals surface area (Å²) in [5.41, 5.74) is 2.41. The van der Waals surface area contributed by atoms with Crippen molar-refractivity contribution in [3.05, 3.63) is 11.6 Å². The van der Waals surface area contributed by atoms with Gasteiger partial charge in [0.1, 0.15) is 6.10 Å². The molecule has 0 aliphatic heterocycles. The third-order valence-electron chi connectivity index (χ3n) is 13.4. The Bertz CT molecular complexity index is 975. The number of ether oxygens (including phenoxy) is 1. The van der Waals surface area contributed by atoms with Crippen LogP contribution in [0.5, 0.6) is 0 Å². The minimum absolute atomic E-state index is 0.0211. The Morgan fingerprint density at radius 1 is 0.867 bits per heavy atom. The second-order valence-electron chi connectivity index (χ2n) is 16.8. The third-order valence-corrected chi connectivity index (χ3v) is 13.4. The number of carbonyl (C=O) groups excluding carboxylic acids is 1. The second-order valence-corrected chi connectivity index (χ2v) is 16.8. The summed E-state index contributed by atoms with van der Waals surface area (Å²) in [4.78, 5) is 23.2. The van der Waals surface area contributed by atoms with Crippen molar-refractivity contribution in [1.29, 1.82) is 0 Å². The summed E-state index contributed by atoms with van der Waals surface area (Å²) >= 11 is 0. The molecule has 1 amide bonds. The number of nitrogens with one attached hydrogen (secondary N) is 1. The lowest BCUT2D eigenvalue weighted by Crippen LogP contribution is -2.51. The van der Waals surface area contributed by atoms with Crippen LogP contribution in [0.2, 0.25) is 0 Å². The van der Waals surface area contributed by atoms with Crippen LogP contribution in [0.25, 0.3) is 0 Å². The number of unbranched alkanes of at least 4 members (excludes halogenated alkanes) is 8. The molecule has 0 aromatic rings. The van der Waals surface area contributed by atoms with Crippen molar-refractivity contribution in [3.63, 3.8) is 0 Å². The Kier molecular flexibility index (Phi) is 13.8. The Balaban J connectivity index is 1.15. The molecular formula is C40H69NO4. The molecular weight excluding hydrogens is 558 g/mol. The van der Waals surface area contributed by atoms with Crippen molar-refractivity contribution in [3.8, 4) is 0 Å². The number of rotatable bonds is 18. The minimum atomic E-state index is -0.685. The zero-order valence-electron chi connectivity index (χ0n) is 29.8. The highest BCUT2D eigenvalue weighted by atomic mass is 16.6. The average molecular weight is 628 g/mol. The molecule has 3 fully saturated rings. The van der Waals surface area contributed by atoms with Crippen molar-refractivity contribution >= 4 is 12.1 Å². The number of aliphatic carboxylic acids is 1. The Morgan fingerprint density at radius 2 is 1.56 bits per heavy atom. The number of alkyl carbamates (subject to hydrolysis) is 1. The molecule has 0 spiro atoms. The van der Waals surface area contributed by atoms with Crippen molar-refractivity contribution in [1.82, 2.24) is 5.32 Å². The van der Waals surface area contributed by atoms with Crippen LogP contribution in [0.15, 0.2) is 11.6 Å². The Labute approximate surface area is 276 Å². The molecule has 2 N–H and O–H groups in total. The van der Waals surface area contributed by atoms with Crippen molar-refractivity contribution in [2.45, 2.75) is 176 Å². The van der Waals surface area contributed by atoms with Gasteiger partial charge in [0.15, 0.2) is 0 Å². The van der Waals surface area contributed by atoms with Gasteiger partial charge in [0.2, 0.25) is 0 Å². The van der Waals surface area contributed by atoms with Crippen LogP contribution in [-0.2, 0) is 9.53 Å². The van der Waals surface area contributed by atoms with Crippen LogP contribution in [-0.4, -0.2) is 29.8 Å². The molecule has 4 aliphatic rings. The number of amides is 1. The molecule has 0 saturated heterocycles. The molecule has 0 heterocycles. The van der Waals surface area contributed by atoms with Crippen molar-refractivity contribution < 1.29 is 19.4 Å². The molecule has 3 saturated carbocycles. The molecule has 0 aromatic heterocycles. The van der Waals surface area contributed by atoms with E-state index in [9.17, 15) is 9.59 Å². The van der Waals surface area contributed by atoms with Crippen LogP contribution in [0.1, 0.15) is 169 Å². The third kappa shape index (κ3) is 9.53. The van der Waals surface area contributed by atoms with Gasteiger partial charge < -0.3 is 15.2 Å². The molecule has 4 aliphatic carbocycles. The largest absolute Gasteiger partial charge is 0.481 e. The van der Waals surface area contributed by atoms with Gasteiger partial charge in [0, 0.05) is 19.4 Å². The summed E-state index contributed by atoms with van der Waals surface area (Å²) in [6.07, 6.45) is 26.8. The summed E-state index contributed by atoms with van der Waals surface area (Å²) in [6.45, 7) is 13.2. The van der Waals surface area contributed by atoms with E-state index in [-0.39, 0.29) is 12.2 Å². The molecule has 5 nitrogen and oxygen atoms in total. The van der Waals surface area contributed by atoms with Crippen molar-refractivity contribution in [2.24, 2.45) is 46.3 Å². The zero-order chi connectivity index (χ0) is 32.5. The number of carboxylic acid groups (broad SMARTS) is 1. The highest BCUT2D eigenvalue weighted by molar-refractivity contribution is 5.67. The van der Waals surface area contributed by atoms with Gasteiger partial charge in [-0.3, -0.25) is 4.79 Å². The van der Waals surface area contributed by atoms with E-state index in [2.05, 4.69) is 46.0 Å². The van der Waals surface area contributed by atoms with E-state index in [1.54, 1.807) is 5.57 Å². The fraction of sp³-hybridized carbons (Fsp3) is 0.900. The van der Waals surface area contributed by atoms with Crippen LogP contribution in [0, 0.1) is 46.3 Å². The lowest BCUT2D eigenvalue weighted by Gasteiger charge is -2.58. The van der Waals surface area contributed by atoms with Gasteiger partial charge in [0.05, 0.1) is 0 Å². The minimum Gasteiger partial charge on any atom is -0.481 e. The van der Waals surface area contributed by atoms with Gasteiger partial charge >= 0.3 is 12.1 Å². The average Bonchev–Trinajstić information content (AvgIpc) is 3.35. The monoisotopic (exact) mass is 628 g/mol. The van der Waals surface area contributed by atoms with E-state index in [4.69, 9.17) is 9.84 Å². The Morgan fingerprint density at radius 3 is 2.24 bits per heavy atom. The van der Waals surface area contributed by atoms with Gasteiger partial charge in [-0.25, -0.2) is 4.79 Å². The standard InChI is InChI=1S/C40H69NO4/c1-29(2)16-15-17-30(3)34-21-22-35-33-20-19-31-28-32(23-25-39(31,4)36(33)24-26-40(34,35)5)45-38(44)41-27-14-12-10-8-6-7-9-11-13-18-37(42)43/h19,29-30,32-36H,6-18,20-28H2,1-5H3,(H,41,44)(H,42,43)/t30-,32+,33+,34-,35+,36+,39+,40-/m1/s1. The fourth-order valence-electron chi connectivity index (χ4n) is 10.8. The Hall–Kier alpha value is -1.52. The molecule has 0 aromatic carbocycles. The first-order chi connectivity index (χ1) is 21.5. The SMILES string of the molecule is CC(C)CCC[C@@H](C)[C@H]1CC[C@H]2[C@@H]3CC=C4C[C@@H](OC(=O)NCCCCCCCCCCCC(=O)O)CC[C@]4(C)[C@H]3CC[C@]12C. The maximum atomic E-state index is 12.6. The molecule has 5 heteroatoms.